The Bertz CT molecular complexity index is 534. The number of carbonyl (C=O) groups is 1. The molecule has 1 aromatic carbocycles. The molecule has 1 amide bonds. The Morgan fingerprint density at radius 3 is 2.73 bits per heavy atom. The summed E-state index contributed by atoms with van der Waals surface area (Å²) in [6.45, 7) is 1.92. The van der Waals surface area contributed by atoms with Gasteiger partial charge in [0.25, 0.3) is 0 Å². The first-order valence-corrected chi connectivity index (χ1v) is 8.75. The van der Waals surface area contributed by atoms with Crippen molar-refractivity contribution >= 4 is 17.5 Å². The molecular weight excluding hydrogens is 296 g/mol. The lowest BCUT2D eigenvalue weighted by atomic mass is 9.68. The van der Waals surface area contributed by atoms with Crippen LogP contribution in [0.3, 0.4) is 0 Å². The largest absolute Gasteiger partial charge is 0.341 e. The fourth-order valence-electron chi connectivity index (χ4n) is 4.04. The third-order valence-electron chi connectivity index (χ3n) is 5.40. The summed E-state index contributed by atoms with van der Waals surface area (Å²) < 4.78 is 0. The number of halogens is 1. The van der Waals surface area contributed by atoms with Crippen molar-refractivity contribution in [2.45, 2.75) is 50.0 Å². The summed E-state index contributed by atoms with van der Waals surface area (Å²) in [6.07, 6.45) is 6.40. The lowest BCUT2D eigenvalue weighted by Crippen LogP contribution is -2.50. The molecule has 1 unspecified atom stereocenters. The number of hydrogen-bond donors (Lipinski definition) is 1. The molecule has 1 saturated carbocycles. The molecule has 3 rings (SSSR count). The van der Waals surface area contributed by atoms with Crippen LogP contribution in [0.4, 0.5) is 0 Å². The van der Waals surface area contributed by atoms with E-state index in [0.29, 0.717) is 6.04 Å². The Labute approximate surface area is 138 Å². The first-order valence-electron chi connectivity index (χ1n) is 8.37. The number of likely N-dealkylation sites (N-methyl/N-ethyl adjacent to an activating group) is 1. The summed E-state index contributed by atoms with van der Waals surface area (Å²) in [4.78, 5) is 15.4. The maximum atomic E-state index is 13.4. The minimum atomic E-state index is -0.375. The molecule has 2 aliphatic rings. The van der Waals surface area contributed by atoms with Gasteiger partial charge in [-0.1, -0.05) is 43.0 Å². The topological polar surface area (TPSA) is 32.3 Å². The molecule has 0 radical (unpaired) electrons. The van der Waals surface area contributed by atoms with E-state index < -0.39 is 0 Å². The molecule has 2 fully saturated rings. The van der Waals surface area contributed by atoms with Gasteiger partial charge < -0.3 is 10.2 Å². The maximum absolute atomic E-state index is 13.4. The third kappa shape index (κ3) is 2.89. The van der Waals surface area contributed by atoms with E-state index in [1.165, 1.54) is 6.42 Å². The van der Waals surface area contributed by atoms with Gasteiger partial charge in [0, 0.05) is 24.7 Å². The van der Waals surface area contributed by atoms with Crippen LogP contribution in [-0.2, 0) is 10.2 Å². The van der Waals surface area contributed by atoms with Gasteiger partial charge in [-0.2, -0.15) is 0 Å². The van der Waals surface area contributed by atoms with Gasteiger partial charge in [0.05, 0.1) is 5.41 Å². The zero-order chi connectivity index (χ0) is 15.6. The molecular formula is C18H25ClN2O. The van der Waals surface area contributed by atoms with Gasteiger partial charge in [-0.15, -0.1) is 0 Å². The molecule has 1 heterocycles. The molecule has 0 bridgehead atoms. The molecule has 1 aliphatic heterocycles. The molecule has 1 N–H and O–H groups in total. The van der Waals surface area contributed by atoms with Crippen molar-refractivity contribution in [3.05, 3.63) is 34.9 Å². The molecule has 4 heteroatoms. The average molecular weight is 321 g/mol. The van der Waals surface area contributed by atoms with Crippen LogP contribution < -0.4 is 5.32 Å². The molecule has 1 aromatic rings. The molecule has 120 valence electrons. The quantitative estimate of drug-likeness (QED) is 0.926. The number of hydrogen-bond acceptors (Lipinski definition) is 2. The van der Waals surface area contributed by atoms with Gasteiger partial charge in [-0.3, -0.25) is 4.79 Å². The fourth-order valence-corrected chi connectivity index (χ4v) is 4.23. The molecule has 0 aromatic heterocycles. The number of rotatable bonds is 3. The summed E-state index contributed by atoms with van der Waals surface area (Å²) in [5.41, 5.74) is 0.725. The molecule has 0 spiro atoms. The number of benzene rings is 1. The first-order chi connectivity index (χ1) is 10.6. The second-order valence-corrected chi connectivity index (χ2v) is 7.15. The zero-order valence-corrected chi connectivity index (χ0v) is 14.0. The normalized spacial score (nSPS) is 24.2. The number of nitrogens with zero attached hydrogens (tertiary/aromatic N) is 1. The highest BCUT2D eigenvalue weighted by Gasteiger charge is 2.44. The van der Waals surface area contributed by atoms with Crippen LogP contribution in [-0.4, -0.2) is 37.0 Å². The second-order valence-electron chi connectivity index (χ2n) is 6.72. The van der Waals surface area contributed by atoms with Crippen LogP contribution in [0.15, 0.2) is 24.3 Å². The second kappa shape index (κ2) is 6.59. The van der Waals surface area contributed by atoms with E-state index in [-0.39, 0.29) is 11.3 Å². The standard InChI is InChI=1S/C18H25ClN2O/c1-21(16-8-11-20-13-16)17(22)18(9-3-2-4-10-18)14-6-5-7-15(19)12-14/h5-7,12,16,20H,2-4,8-11,13H2,1H3. The summed E-state index contributed by atoms with van der Waals surface area (Å²) in [5.74, 6) is 0.281. The lowest BCUT2D eigenvalue weighted by Gasteiger charge is -2.41. The van der Waals surface area contributed by atoms with E-state index in [0.717, 1.165) is 55.8 Å². The van der Waals surface area contributed by atoms with Crippen molar-refractivity contribution in [1.82, 2.24) is 10.2 Å². The van der Waals surface area contributed by atoms with E-state index in [1.54, 1.807) is 0 Å². The highest BCUT2D eigenvalue weighted by atomic mass is 35.5. The van der Waals surface area contributed by atoms with Crippen LogP contribution in [0.2, 0.25) is 5.02 Å². The molecule has 1 aliphatic carbocycles. The lowest BCUT2D eigenvalue weighted by molar-refractivity contribution is -0.139. The zero-order valence-electron chi connectivity index (χ0n) is 13.3. The van der Waals surface area contributed by atoms with Crippen LogP contribution in [0.5, 0.6) is 0 Å². The summed E-state index contributed by atoms with van der Waals surface area (Å²) in [6, 6.07) is 8.25. The van der Waals surface area contributed by atoms with Crippen molar-refractivity contribution < 1.29 is 4.79 Å². The van der Waals surface area contributed by atoms with Gasteiger partial charge in [-0.25, -0.2) is 0 Å². The molecule has 1 atom stereocenters. The summed E-state index contributed by atoms with van der Waals surface area (Å²) in [5, 5.41) is 4.08. The number of amides is 1. The monoisotopic (exact) mass is 320 g/mol. The summed E-state index contributed by atoms with van der Waals surface area (Å²) in [7, 11) is 1.97. The average Bonchev–Trinajstić information content (AvgIpc) is 3.08. The fraction of sp³-hybridized carbons (Fsp3) is 0.611. The van der Waals surface area contributed by atoms with Crippen molar-refractivity contribution in [1.29, 1.82) is 0 Å². The van der Waals surface area contributed by atoms with Crippen LogP contribution >= 0.6 is 11.6 Å². The van der Waals surface area contributed by atoms with Crippen LogP contribution in [0, 0.1) is 0 Å². The van der Waals surface area contributed by atoms with E-state index in [9.17, 15) is 4.79 Å². The number of carbonyl (C=O) groups excluding carboxylic acids is 1. The maximum Gasteiger partial charge on any atom is 0.233 e. The summed E-state index contributed by atoms with van der Waals surface area (Å²) >= 11 is 6.20. The first kappa shape index (κ1) is 15.8. The van der Waals surface area contributed by atoms with Gasteiger partial charge >= 0.3 is 0 Å². The Kier molecular flexibility index (Phi) is 4.74. The third-order valence-corrected chi connectivity index (χ3v) is 5.63. The van der Waals surface area contributed by atoms with Crippen LogP contribution in [0.1, 0.15) is 44.1 Å². The van der Waals surface area contributed by atoms with Gasteiger partial charge in [0.1, 0.15) is 0 Å². The van der Waals surface area contributed by atoms with E-state index in [4.69, 9.17) is 11.6 Å². The smallest absolute Gasteiger partial charge is 0.233 e. The molecule has 3 nitrogen and oxygen atoms in total. The minimum Gasteiger partial charge on any atom is -0.341 e. The van der Waals surface area contributed by atoms with E-state index in [1.807, 2.05) is 30.1 Å². The predicted molar refractivity (Wildman–Crippen MR) is 90.3 cm³/mol. The Morgan fingerprint density at radius 2 is 2.09 bits per heavy atom. The van der Waals surface area contributed by atoms with Gasteiger partial charge in [0.15, 0.2) is 0 Å². The predicted octanol–water partition coefficient (Wildman–Crippen LogP) is 3.36. The highest BCUT2D eigenvalue weighted by Crippen LogP contribution is 2.42. The van der Waals surface area contributed by atoms with Crippen molar-refractivity contribution in [3.8, 4) is 0 Å². The van der Waals surface area contributed by atoms with Crippen molar-refractivity contribution in [2.24, 2.45) is 0 Å². The van der Waals surface area contributed by atoms with Crippen LogP contribution in [0.25, 0.3) is 0 Å². The SMILES string of the molecule is CN(C(=O)C1(c2cccc(Cl)c2)CCCCC1)C1CCNC1. The minimum absolute atomic E-state index is 0.281. The molecule has 1 saturated heterocycles. The van der Waals surface area contributed by atoms with E-state index in [2.05, 4.69) is 11.4 Å². The van der Waals surface area contributed by atoms with Gasteiger partial charge in [-0.05, 0) is 43.5 Å². The molecule has 22 heavy (non-hydrogen) atoms. The highest BCUT2D eigenvalue weighted by molar-refractivity contribution is 6.30. The van der Waals surface area contributed by atoms with Crippen molar-refractivity contribution in [3.63, 3.8) is 0 Å². The van der Waals surface area contributed by atoms with Gasteiger partial charge in [0.2, 0.25) is 5.91 Å². The Morgan fingerprint density at radius 1 is 1.32 bits per heavy atom. The van der Waals surface area contributed by atoms with E-state index >= 15 is 0 Å². The Hall–Kier alpha value is -1.06. The van der Waals surface area contributed by atoms with Crippen molar-refractivity contribution in [2.75, 3.05) is 20.1 Å². The number of nitrogens with one attached hydrogen (secondary N) is 1. The Balaban J connectivity index is 1.93.